The SMILES string of the molecule is CC1C(=O)N(C)C(=O)C1c1ccccc1. The summed E-state index contributed by atoms with van der Waals surface area (Å²) in [5.41, 5.74) is 0.924. The van der Waals surface area contributed by atoms with Crippen molar-refractivity contribution < 1.29 is 9.59 Å². The van der Waals surface area contributed by atoms with Gasteiger partial charge in [-0.25, -0.2) is 0 Å². The van der Waals surface area contributed by atoms with Crippen molar-refractivity contribution in [2.24, 2.45) is 5.92 Å². The average Bonchev–Trinajstić information content (AvgIpc) is 2.45. The van der Waals surface area contributed by atoms with Gasteiger partial charge in [0.2, 0.25) is 11.8 Å². The van der Waals surface area contributed by atoms with E-state index >= 15 is 0 Å². The number of amides is 2. The molecule has 1 aromatic rings. The summed E-state index contributed by atoms with van der Waals surface area (Å²) >= 11 is 0. The fraction of sp³-hybridized carbons (Fsp3) is 0.333. The van der Waals surface area contributed by atoms with Crippen molar-refractivity contribution in [1.82, 2.24) is 4.90 Å². The predicted molar refractivity (Wildman–Crippen MR) is 56.1 cm³/mol. The molecule has 2 amide bonds. The lowest BCUT2D eigenvalue weighted by Gasteiger charge is -2.10. The molecule has 1 heterocycles. The minimum Gasteiger partial charge on any atom is -0.285 e. The van der Waals surface area contributed by atoms with Gasteiger partial charge in [0.25, 0.3) is 0 Å². The first-order valence-electron chi connectivity index (χ1n) is 4.99. The topological polar surface area (TPSA) is 37.4 Å². The molecule has 0 spiro atoms. The van der Waals surface area contributed by atoms with Gasteiger partial charge in [-0.05, 0) is 5.56 Å². The first-order valence-corrected chi connectivity index (χ1v) is 4.99. The van der Waals surface area contributed by atoms with E-state index in [0.29, 0.717) is 0 Å². The number of hydrogen-bond donors (Lipinski definition) is 0. The molecule has 1 aliphatic rings. The molecule has 2 unspecified atom stereocenters. The Morgan fingerprint density at radius 2 is 1.67 bits per heavy atom. The van der Waals surface area contributed by atoms with Gasteiger partial charge in [0.1, 0.15) is 0 Å². The quantitative estimate of drug-likeness (QED) is 0.647. The summed E-state index contributed by atoms with van der Waals surface area (Å²) in [7, 11) is 1.55. The van der Waals surface area contributed by atoms with E-state index in [4.69, 9.17) is 0 Å². The molecule has 3 nitrogen and oxygen atoms in total. The standard InChI is InChI=1S/C12H13NO2/c1-8-10(9-6-4-3-5-7-9)12(15)13(2)11(8)14/h3-8,10H,1-2H3. The maximum absolute atomic E-state index is 11.8. The van der Waals surface area contributed by atoms with Crippen LogP contribution >= 0.6 is 0 Å². The van der Waals surface area contributed by atoms with Crippen LogP contribution in [0.4, 0.5) is 0 Å². The van der Waals surface area contributed by atoms with Gasteiger partial charge < -0.3 is 0 Å². The average molecular weight is 203 g/mol. The van der Waals surface area contributed by atoms with Crippen LogP contribution < -0.4 is 0 Å². The van der Waals surface area contributed by atoms with Crippen molar-refractivity contribution in [2.75, 3.05) is 7.05 Å². The Kier molecular flexibility index (Phi) is 2.31. The third kappa shape index (κ3) is 1.44. The van der Waals surface area contributed by atoms with Gasteiger partial charge in [-0.2, -0.15) is 0 Å². The number of hydrogen-bond acceptors (Lipinski definition) is 2. The maximum Gasteiger partial charge on any atom is 0.237 e. The second-order valence-electron chi connectivity index (χ2n) is 3.91. The van der Waals surface area contributed by atoms with Crippen LogP contribution in [0.25, 0.3) is 0 Å². The molecule has 1 aromatic carbocycles. The largest absolute Gasteiger partial charge is 0.285 e. The van der Waals surface area contributed by atoms with E-state index in [1.165, 1.54) is 4.90 Å². The molecule has 2 atom stereocenters. The van der Waals surface area contributed by atoms with Crippen LogP contribution in [0.3, 0.4) is 0 Å². The lowest BCUT2D eigenvalue weighted by molar-refractivity contribution is -0.137. The number of likely N-dealkylation sites (tertiary alicyclic amines) is 1. The minimum absolute atomic E-state index is 0.0890. The van der Waals surface area contributed by atoms with Crippen LogP contribution in [0.2, 0.25) is 0 Å². The Morgan fingerprint density at radius 1 is 1.07 bits per heavy atom. The molecule has 0 N–H and O–H groups in total. The molecule has 1 aliphatic heterocycles. The summed E-state index contributed by atoms with van der Waals surface area (Å²) in [4.78, 5) is 24.7. The van der Waals surface area contributed by atoms with Crippen molar-refractivity contribution in [2.45, 2.75) is 12.8 Å². The van der Waals surface area contributed by atoms with Gasteiger partial charge in [0, 0.05) is 7.05 Å². The minimum atomic E-state index is -0.302. The summed E-state index contributed by atoms with van der Waals surface area (Å²) in [5.74, 6) is -0.735. The highest BCUT2D eigenvalue weighted by Crippen LogP contribution is 2.33. The van der Waals surface area contributed by atoms with Crippen molar-refractivity contribution in [3.8, 4) is 0 Å². The van der Waals surface area contributed by atoms with Crippen molar-refractivity contribution in [1.29, 1.82) is 0 Å². The van der Waals surface area contributed by atoms with Crippen LogP contribution in [-0.4, -0.2) is 23.8 Å². The zero-order chi connectivity index (χ0) is 11.0. The fourth-order valence-corrected chi connectivity index (χ4v) is 2.07. The lowest BCUT2D eigenvalue weighted by atomic mass is 9.89. The normalized spacial score (nSPS) is 26.1. The summed E-state index contributed by atoms with van der Waals surface area (Å²) in [5, 5.41) is 0. The second kappa shape index (κ2) is 3.50. The number of carbonyl (C=O) groups excluding carboxylic acids is 2. The number of imide groups is 1. The van der Waals surface area contributed by atoms with Crippen LogP contribution in [0.5, 0.6) is 0 Å². The first-order chi connectivity index (χ1) is 7.13. The molecule has 0 radical (unpaired) electrons. The van der Waals surface area contributed by atoms with E-state index in [9.17, 15) is 9.59 Å². The van der Waals surface area contributed by atoms with E-state index in [-0.39, 0.29) is 23.7 Å². The molecule has 0 aromatic heterocycles. The Morgan fingerprint density at radius 3 is 2.13 bits per heavy atom. The first kappa shape index (κ1) is 9.90. The zero-order valence-electron chi connectivity index (χ0n) is 8.81. The molecule has 0 aliphatic carbocycles. The van der Waals surface area contributed by atoms with Gasteiger partial charge in [0.05, 0.1) is 11.8 Å². The van der Waals surface area contributed by atoms with Crippen LogP contribution in [0.15, 0.2) is 30.3 Å². The predicted octanol–water partition coefficient (Wildman–Crippen LogP) is 1.40. The third-order valence-electron chi connectivity index (χ3n) is 2.98. The second-order valence-corrected chi connectivity index (χ2v) is 3.91. The molecule has 15 heavy (non-hydrogen) atoms. The van der Waals surface area contributed by atoms with Crippen molar-refractivity contribution >= 4 is 11.8 Å². The fourth-order valence-electron chi connectivity index (χ4n) is 2.07. The zero-order valence-corrected chi connectivity index (χ0v) is 8.81. The van der Waals surface area contributed by atoms with E-state index in [1.54, 1.807) is 14.0 Å². The number of benzene rings is 1. The van der Waals surface area contributed by atoms with E-state index < -0.39 is 0 Å². The number of likely N-dealkylation sites (N-methyl/N-ethyl adjacent to an activating group) is 1. The van der Waals surface area contributed by atoms with Crippen LogP contribution in [0, 0.1) is 5.92 Å². The number of carbonyl (C=O) groups is 2. The molecule has 0 bridgehead atoms. The molecular weight excluding hydrogens is 190 g/mol. The van der Waals surface area contributed by atoms with Crippen LogP contribution in [-0.2, 0) is 9.59 Å². The molecule has 1 fully saturated rings. The van der Waals surface area contributed by atoms with Gasteiger partial charge in [-0.15, -0.1) is 0 Å². The van der Waals surface area contributed by atoms with E-state index in [0.717, 1.165) is 5.56 Å². The van der Waals surface area contributed by atoms with Crippen LogP contribution in [0.1, 0.15) is 18.4 Å². The Hall–Kier alpha value is -1.64. The summed E-state index contributed by atoms with van der Waals surface area (Å²) < 4.78 is 0. The number of rotatable bonds is 1. The van der Waals surface area contributed by atoms with Gasteiger partial charge >= 0.3 is 0 Å². The van der Waals surface area contributed by atoms with E-state index in [2.05, 4.69) is 0 Å². The maximum atomic E-state index is 11.8. The van der Waals surface area contributed by atoms with Gasteiger partial charge in [0.15, 0.2) is 0 Å². The molecular formula is C12H13NO2. The van der Waals surface area contributed by atoms with Gasteiger partial charge in [-0.3, -0.25) is 14.5 Å². The third-order valence-corrected chi connectivity index (χ3v) is 2.98. The van der Waals surface area contributed by atoms with Crippen molar-refractivity contribution in [3.63, 3.8) is 0 Å². The molecule has 3 heteroatoms. The Labute approximate surface area is 88.7 Å². The summed E-state index contributed by atoms with van der Waals surface area (Å²) in [6.07, 6.45) is 0. The Balaban J connectivity index is 2.39. The molecule has 0 saturated carbocycles. The Bertz CT molecular complexity index is 399. The summed E-state index contributed by atoms with van der Waals surface area (Å²) in [6.45, 7) is 1.81. The van der Waals surface area contributed by atoms with E-state index in [1.807, 2.05) is 30.3 Å². The van der Waals surface area contributed by atoms with Gasteiger partial charge in [-0.1, -0.05) is 37.3 Å². The number of nitrogens with zero attached hydrogens (tertiary/aromatic N) is 1. The molecule has 1 saturated heterocycles. The smallest absolute Gasteiger partial charge is 0.237 e. The van der Waals surface area contributed by atoms with Crippen molar-refractivity contribution in [3.05, 3.63) is 35.9 Å². The monoisotopic (exact) mass is 203 g/mol. The summed E-state index contributed by atoms with van der Waals surface area (Å²) in [6, 6.07) is 9.46. The highest BCUT2D eigenvalue weighted by atomic mass is 16.2. The lowest BCUT2D eigenvalue weighted by Crippen LogP contribution is -2.25. The highest BCUT2D eigenvalue weighted by molar-refractivity contribution is 6.07. The highest BCUT2D eigenvalue weighted by Gasteiger charge is 2.43. The molecule has 78 valence electrons. The molecule has 2 rings (SSSR count).